The van der Waals surface area contributed by atoms with E-state index in [2.05, 4.69) is 10.6 Å². The van der Waals surface area contributed by atoms with Gasteiger partial charge in [0.05, 0.1) is 0 Å². The molecule has 0 aromatic heterocycles. The fourth-order valence-electron chi connectivity index (χ4n) is 1.77. The lowest BCUT2D eigenvalue weighted by Crippen LogP contribution is -2.19. The molecule has 0 aliphatic rings. The predicted molar refractivity (Wildman–Crippen MR) is 84.3 cm³/mol. The monoisotopic (exact) mass is 270 g/mol. The third kappa shape index (κ3) is 3.65. The molecule has 0 aliphatic heterocycles. The molecule has 0 aliphatic carbocycles. The van der Waals surface area contributed by atoms with Gasteiger partial charge in [0.1, 0.15) is 0 Å². The van der Waals surface area contributed by atoms with Crippen LogP contribution in [0.3, 0.4) is 0 Å². The Morgan fingerprint density at radius 3 is 2.20 bits per heavy atom. The normalized spacial score (nSPS) is 9.90. The SMILES string of the molecule is CN(C)c1cccc(NC(=O)Nc2cccc(N)c2)c1. The van der Waals surface area contributed by atoms with Gasteiger partial charge in [0.25, 0.3) is 0 Å². The van der Waals surface area contributed by atoms with Gasteiger partial charge < -0.3 is 21.3 Å². The minimum absolute atomic E-state index is 0.300. The fourth-order valence-corrected chi connectivity index (χ4v) is 1.77. The topological polar surface area (TPSA) is 70.4 Å². The van der Waals surface area contributed by atoms with Crippen LogP contribution in [0.4, 0.5) is 27.5 Å². The van der Waals surface area contributed by atoms with Crippen LogP contribution in [0.5, 0.6) is 0 Å². The second kappa shape index (κ2) is 5.97. The van der Waals surface area contributed by atoms with Crippen molar-refractivity contribution in [3.63, 3.8) is 0 Å². The number of amides is 2. The maximum absolute atomic E-state index is 11.9. The summed E-state index contributed by atoms with van der Waals surface area (Å²) in [6.07, 6.45) is 0. The fraction of sp³-hybridized carbons (Fsp3) is 0.133. The van der Waals surface area contributed by atoms with Crippen LogP contribution in [0.1, 0.15) is 0 Å². The molecule has 0 radical (unpaired) electrons. The lowest BCUT2D eigenvalue weighted by atomic mass is 10.2. The first-order chi connectivity index (χ1) is 9.54. The number of hydrogen-bond donors (Lipinski definition) is 3. The van der Waals surface area contributed by atoms with Crippen LogP contribution >= 0.6 is 0 Å². The van der Waals surface area contributed by atoms with Gasteiger partial charge in [0.2, 0.25) is 0 Å². The maximum Gasteiger partial charge on any atom is 0.323 e. The highest BCUT2D eigenvalue weighted by Gasteiger charge is 2.04. The van der Waals surface area contributed by atoms with E-state index in [1.165, 1.54) is 0 Å². The number of hydrogen-bond acceptors (Lipinski definition) is 3. The number of rotatable bonds is 3. The van der Waals surface area contributed by atoms with Crippen molar-refractivity contribution in [3.8, 4) is 0 Å². The Balaban J connectivity index is 2.03. The van der Waals surface area contributed by atoms with E-state index in [-0.39, 0.29) is 6.03 Å². The Morgan fingerprint density at radius 2 is 1.60 bits per heavy atom. The van der Waals surface area contributed by atoms with Gasteiger partial charge >= 0.3 is 6.03 Å². The van der Waals surface area contributed by atoms with Crippen molar-refractivity contribution in [1.29, 1.82) is 0 Å². The zero-order valence-electron chi connectivity index (χ0n) is 11.6. The molecule has 0 spiro atoms. The number of nitrogen functional groups attached to an aromatic ring is 1. The van der Waals surface area contributed by atoms with Crippen molar-refractivity contribution in [2.45, 2.75) is 0 Å². The van der Waals surface area contributed by atoms with Gasteiger partial charge in [0.15, 0.2) is 0 Å². The molecule has 0 saturated heterocycles. The quantitative estimate of drug-likeness (QED) is 0.751. The molecule has 2 rings (SSSR count). The average molecular weight is 270 g/mol. The van der Waals surface area contributed by atoms with Gasteiger partial charge in [-0.2, -0.15) is 0 Å². The molecular weight excluding hydrogens is 252 g/mol. The third-order valence-corrected chi connectivity index (χ3v) is 2.76. The first-order valence-corrected chi connectivity index (χ1v) is 6.25. The van der Waals surface area contributed by atoms with E-state index in [0.717, 1.165) is 11.4 Å². The average Bonchev–Trinajstić information content (AvgIpc) is 2.38. The smallest absolute Gasteiger partial charge is 0.323 e. The molecular formula is C15H18N4O. The molecule has 0 saturated carbocycles. The molecule has 5 nitrogen and oxygen atoms in total. The lowest BCUT2D eigenvalue weighted by molar-refractivity contribution is 0.262. The van der Waals surface area contributed by atoms with Gasteiger partial charge in [-0.15, -0.1) is 0 Å². The zero-order valence-corrected chi connectivity index (χ0v) is 11.6. The Kier molecular flexibility index (Phi) is 4.10. The van der Waals surface area contributed by atoms with Crippen molar-refractivity contribution in [3.05, 3.63) is 48.5 Å². The van der Waals surface area contributed by atoms with Gasteiger partial charge in [-0.25, -0.2) is 4.79 Å². The van der Waals surface area contributed by atoms with E-state index in [9.17, 15) is 4.79 Å². The maximum atomic E-state index is 11.9. The summed E-state index contributed by atoms with van der Waals surface area (Å²) in [6, 6.07) is 14.4. The van der Waals surface area contributed by atoms with Crippen LogP contribution < -0.4 is 21.3 Å². The molecule has 0 heterocycles. The van der Waals surface area contributed by atoms with E-state index in [1.807, 2.05) is 43.3 Å². The van der Waals surface area contributed by atoms with Crippen molar-refractivity contribution in [1.82, 2.24) is 0 Å². The summed E-state index contributed by atoms with van der Waals surface area (Å²) in [5.74, 6) is 0. The molecule has 2 amide bonds. The molecule has 20 heavy (non-hydrogen) atoms. The van der Waals surface area contributed by atoms with Gasteiger partial charge in [-0.3, -0.25) is 0 Å². The summed E-state index contributed by atoms with van der Waals surface area (Å²) < 4.78 is 0. The third-order valence-electron chi connectivity index (χ3n) is 2.76. The van der Waals surface area contributed by atoms with Crippen LogP contribution in [-0.4, -0.2) is 20.1 Å². The second-order valence-corrected chi connectivity index (χ2v) is 4.65. The Hall–Kier alpha value is -2.69. The molecule has 104 valence electrons. The number of anilines is 4. The summed E-state index contributed by atoms with van der Waals surface area (Å²) in [5, 5.41) is 5.52. The molecule has 0 fully saturated rings. The first-order valence-electron chi connectivity index (χ1n) is 6.25. The highest BCUT2D eigenvalue weighted by atomic mass is 16.2. The number of nitrogens with two attached hydrogens (primary N) is 1. The summed E-state index contributed by atoms with van der Waals surface area (Å²) in [6.45, 7) is 0. The molecule has 0 bridgehead atoms. The van der Waals surface area contributed by atoms with Crippen molar-refractivity contribution >= 4 is 28.8 Å². The minimum atomic E-state index is -0.300. The molecule has 2 aromatic rings. The number of benzene rings is 2. The van der Waals surface area contributed by atoms with Crippen molar-refractivity contribution < 1.29 is 4.79 Å². The minimum Gasteiger partial charge on any atom is -0.399 e. The van der Waals surface area contributed by atoms with Crippen LogP contribution in [0, 0.1) is 0 Å². The number of urea groups is 1. The van der Waals surface area contributed by atoms with E-state index >= 15 is 0 Å². The van der Waals surface area contributed by atoms with Gasteiger partial charge in [-0.05, 0) is 36.4 Å². The number of nitrogens with one attached hydrogen (secondary N) is 2. The Labute approximate surface area is 118 Å². The lowest BCUT2D eigenvalue weighted by Gasteiger charge is -2.14. The van der Waals surface area contributed by atoms with Gasteiger partial charge in [0, 0.05) is 36.8 Å². The highest BCUT2D eigenvalue weighted by molar-refractivity contribution is 6.00. The van der Waals surface area contributed by atoms with E-state index in [0.29, 0.717) is 11.4 Å². The molecule has 0 unspecified atom stereocenters. The van der Waals surface area contributed by atoms with E-state index in [1.54, 1.807) is 24.3 Å². The molecule has 5 heteroatoms. The van der Waals surface area contributed by atoms with Crippen LogP contribution in [0.15, 0.2) is 48.5 Å². The van der Waals surface area contributed by atoms with Crippen molar-refractivity contribution in [2.75, 3.05) is 35.4 Å². The number of carbonyl (C=O) groups is 1. The summed E-state index contributed by atoms with van der Waals surface area (Å²) in [5.41, 5.74) is 8.68. The first kappa shape index (κ1) is 13.7. The van der Waals surface area contributed by atoms with Crippen molar-refractivity contribution in [2.24, 2.45) is 0 Å². The summed E-state index contributed by atoms with van der Waals surface area (Å²) in [4.78, 5) is 13.9. The van der Waals surface area contributed by atoms with E-state index < -0.39 is 0 Å². The molecule has 0 atom stereocenters. The second-order valence-electron chi connectivity index (χ2n) is 4.65. The van der Waals surface area contributed by atoms with Crippen LogP contribution in [-0.2, 0) is 0 Å². The van der Waals surface area contributed by atoms with Crippen LogP contribution in [0.2, 0.25) is 0 Å². The number of carbonyl (C=O) groups excluding carboxylic acids is 1. The number of nitrogens with zero attached hydrogens (tertiary/aromatic N) is 1. The predicted octanol–water partition coefficient (Wildman–Crippen LogP) is 2.98. The van der Waals surface area contributed by atoms with Crippen LogP contribution in [0.25, 0.3) is 0 Å². The van der Waals surface area contributed by atoms with Gasteiger partial charge in [-0.1, -0.05) is 12.1 Å². The molecule has 2 aromatic carbocycles. The standard InChI is InChI=1S/C15H18N4O/c1-19(2)14-8-4-7-13(10-14)18-15(20)17-12-6-3-5-11(16)9-12/h3-10H,16H2,1-2H3,(H2,17,18,20). The zero-order chi connectivity index (χ0) is 14.5. The summed E-state index contributed by atoms with van der Waals surface area (Å²) in [7, 11) is 3.90. The Morgan fingerprint density at radius 1 is 1.00 bits per heavy atom. The molecule has 4 N–H and O–H groups in total. The largest absolute Gasteiger partial charge is 0.399 e. The highest BCUT2D eigenvalue weighted by Crippen LogP contribution is 2.18. The Bertz CT molecular complexity index is 610. The summed E-state index contributed by atoms with van der Waals surface area (Å²) >= 11 is 0. The van der Waals surface area contributed by atoms with E-state index in [4.69, 9.17) is 5.73 Å².